The number of aliphatic hydroxyl groups is 4. The van der Waals surface area contributed by atoms with E-state index in [1.165, 1.54) is 5.56 Å². The van der Waals surface area contributed by atoms with E-state index in [9.17, 15) is 25.2 Å². The van der Waals surface area contributed by atoms with Crippen LogP contribution in [0.25, 0.3) is 90.9 Å². The average Bonchev–Trinajstić information content (AvgIpc) is 4.24. The number of H-pyrrole nitrogens is 2. The van der Waals surface area contributed by atoms with E-state index >= 15 is 0 Å². The first-order chi connectivity index (χ1) is 34.5. The summed E-state index contributed by atoms with van der Waals surface area (Å²) < 4.78 is 17.3. The summed E-state index contributed by atoms with van der Waals surface area (Å²) in [6, 6.07) is 41.9. The number of nitrogens with zero attached hydrogens (tertiary/aromatic N) is 2. The average molecular weight is 950 g/mol. The monoisotopic (exact) mass is 949 g/mol. The van der Waals surface area contributed by atoms with Gasteiger partial charge in [0, 0.05) is 56.4 Å². The molecule has 6 heterocycles. The molecule has 1 saturated heterocycles. The second-order valence-electron chi connectivity index (χ2n) is 18.2. The highest BCUT2D eigenvalue weighted by Crippen LogP contribution is 2.40. The van der Waals surface area contributed by atoms with E-state index in [2.05, 4.69) is 157 Å². The van der Waals surface area contributed by atoms with Gasteiger partial charge in [-0.15, -0.1) is 0 Å². The minimum Gasteiger partial charge on any atom is -0.493 e. The Bertz CT molecular complexity index is 3280. The molecule has 0 saturated carbocycles. The molecule has 0 aliphatic carbocycles. The maximum absolute atomic E-state index is 12.7. The number of benzene rings is 4. The van der Waals surface area contributed by atoms with Gasteiger partial charge in [-0.05, 0) is 98.5 Å². The molecule has 3 aromatic heterocycles. The van der Waals surface area contributed by atoms with E-state index in [-0.39, 0.29) is 13.2 Å². The number of nitrogens with one attached hydrogen (secondary N) is 3. The maximum atomic E-state index is 12.7. The number of amides is 1. The summed E-state index contributed by atoms with van der Waals surface area (Å²) in [5, 5.41) is 42.7. The van der Waals surface area contributed by atoms with Crippen molar-refractivity contribution in [3.8, 4) is 50.3 Å². The van der Waals surface area contributed by atoms with Crippen molar-refractivity contribution >= 4 is 52.3 Å². The lowest BCUT2D eigenvalue weighted by Crippen LogP contribution is -2.59. The predicted molar refractivity (Wildman–Crippen MR) is 278 cm³/mol. The van der Waals surface area contributed by atoms with Crippen LogP contribution in [0.5, 0.6) is 5.75 Å². The summed E-state index contributed by atoms with van der Waals surface area (Å²) in [5.41, 5.74) is 17.8. The number of hydrogen-bond acceptors (Lipinski definition) is 10. The molecule has 10 rings (SSSR count). The zero-order chi connectivity index (χ0) is 49.2. The van der Waals surface area contributed by atoms with Gasteiger partial charge >= 0.3 is 0 Å². The van der Waals surface area contributed by atoms with E-state index in [1.54, 1.807) is 0 Å². The molecule has 1 amide bonds. The third-order valence-corrected chi connectivity index (χ3v) is 13.1. The third kappa shape index (κ3) is 9.84. The minimum atomic E-state index is -1.61. The van der Waals surface area contributed by atoms with Crippen LogP contribution in [0.2, 0.25) is 0 Å². The molecule has 5 atom stereocenters. The summed E-state index contributed by atoms with van der Waals surface area (Å²) in [6.45, 7) is 5.68. The van der Waals surface area contributed by atoms with Crippen LogP contribution in [-0.2, 0) is 14.3 Å². The highest BCUT2D eigenvalue weighted by Gasteiger charge is 2.44. The maximum Gasteiger partial charge on any atom is 0.246 e. The number of carbonyl (C=O) groups excluding carboxylic acids is 1. The van der Waals surface area contributed by atoms with Crippen molar-refractivity contribution in [1.82, 2.24) is 25.3 Å². The van der Waals surface area contributed by atoms with Gasteiger partial charge in [0.25, 0.3) is 0 Å². The van der Waals surface area contributed by atoms with Crippen LogP contribution in [0, 0.1) is 20.8 Å². The Morgan fingerprint density at radius 3 is 1.52 bits per heavy atom. The van der Waals surface area contributed by atoms with Gasteiger partial charge in [0.1, 0.15) is 36.8 Å². The Kier molecular flexibility index (Phi) is 13.6. The lowest BCUT2D eigenvalue weighted by Gasteiger charge is -2.39. The molecule has 71 heavy (non-hydrogen) atoms. The fraction of sp³-hybridized carbons (Fsp3) is 0.224. The molecule has 13 nitrogen and oxygen atoms in total. The van der Waals surface area contributed by atoms with Gasteiger partial charge in [-0.1, -0.05) is 108 Å². The number of hydrogen-bond donors (Lipinski definition) is 7. The second-order valence-corrected chi connectivity index (χ2v) is 18.2. The first kappa shape index (κ1) is 47.2. The molecular formula is C58H55N5O8. The first-order valence-corrected chi connectivity index (χ1v) is 23.8. The van der Waals surface area contributed by atoms with E-state index in [0.29, 0.717) is 12.2 Å². The number of aromatic amines is 2. The fourth-order valence-electron chi connectivity index (χ4n) is 9.26. The van der Waals surface area contributed by atoms with Crippen LogP contribution in [0.4, 0.5) is 0 Å². The largest absolute Gasteiger partial charge is 0.493 e. The topological polar surface area (TPSA) is 195 Å². The van der Waals surface area contributed by atoms with Crippen molar-refractivity contribution in [2.75, 3.05) is 26.4 Å². The van der Waals surface area contributed by atoms with Crippen LogP contribution < -0.4 is 10.1 Å². The normalized spacial score (nSPS) is 18.4. The summed E-state index contributed by atoms with van der Waals surface area (Å²) in [7, 11) is 0. The molecule has 1 fully saturated rings. The molecule has 7 N–H and O–H groups in total. The standard InChI is InChI=1S/C58H55N5O8/c1-33-9-15-36(16-10-33)51-40-21-23-42(60-40)52(37-17-11-34(2)12-18-37)44-25-27-46(62-44)54(47-28-26-45(63-47)53(43-24-22-41(51)61-43)38-19-13-35(3)14-20-38)39-7-4-5-8-48(39)69-30-6-29-59-50(65)32-70-58-57(68)56(67)55(66)49(31-64)71-58/h4-5,7-28,49,55-58,60,63-64,66-68H,6,29-32H2,1-3H3,(H,59,65)/t49-,55-,56+,57-,58+/m1/s1. The molecule has 4 aromatic carbocycles. The van der Waals surface area contributed by atoms with Crippen molar-refractivity contribution in [2.24, 2.45) is 0 Å². The molecule has 0 radical (unpaired) electrons. The molecule has 8 bridgehead atoms. The van der Waals surface area contributed by atoms with Crippen LogP contribution in [-0.4, -0.2) is 103 Å². The molecule has 0 spiro atoms. The van der Waals surface area contributed by atoms with Gasteiger partial charge in [0.15, 0.2) is 6.29 Å². The summed E-state index contributed by atoms with van der Waals surface area (Å²) in [5.74, 6) is 0.137. The van der Waals surface area contributed by atoms with Gasteiger partial charge in [-0.25, -0.2) is 9.97 Å². The van der Waals surface area contributed by atoms with Gasteiger partial charge in [-0.2, -0.15) is 0 Å². The van der Waals surface area contributed by atoms with Gasteiger partial charge in [-0.3, -0.25) is 4.79 Å². The van der Waals surface area contributed by atoms with Crippen molar-refractivity contribution in [3.63, 3.8) is 0 Å². The Morgan fingerprint density at radius 1 is 0.592 bits per heavy atom. The number of rotatable bonds is 13. The lowest BCUT2D eigenvalue weighted by atomic mass is 9.99. The molecule has 0 unspecified atom stereocenters. The van der Waals surface area contributed by atoms with Crippen molar-refractivity contribution in [2.45, 2.75) is 57.9 Å². The number of fused-ring (bicyclic) bond motifs is 8. The van der Waals surface area contributed by atoms with Crippen LogP contribution in [0.15, 0.2) is 121 Å². The molecule has 3 aliphatic rings. The van der Waals surface area contributed by atoms with E-state index in [0.717, 1.165) is 100 Å². The zero-order valence-corrected chi connectivity index (χ0v) is 39.6. The number of aliphatic hydroxyl groups excluding tert-OH is 4. The minimum absolute atomic E-state index is 0.251. The molecule has 3 aliphatic heterocycles. The highest BCUT2D eigenvalue weighted by molar-refractivity contribution is 6.00. The van der Waals surface area contributed by atoms with Crippen molar-refractivity contribution < 1.29 is 39.4 Å². The number of carbonyl (C=O) groups is 1. The molecule has 13 heteroatoms. The Hall–Kier alpha value is -7.49. The fourth-order valence-corrected chi connectivity index (χ4v) is 9.26. The van der Waals surface area contributed by atoms with Crippen LogP contribution in [0.1, 0.15) is 45.9 Å². The van der Waals surface area contributed by atoms with E-state index in [4.69, 9.17) is 24.2 Å². The van der Waals surface area contributed by atoms with Crippen molar-refractivity contribution in [1.29, 1.82) is 0 Å². The lowest BCUT2D eigenvalue weighted by molar-refractivity contribution is -0.299. The first-order valence-electron chi connectivity index (χ1n) is 23.8. The molecule has 7 aromatic rings. The van der Waals surface area contributed by atoms with E-state index in [1.807, 2.05) is 24.3 Å². The summed E-state index contributed by atoms with van der Waals surface area (Å²) >= 11 is 0. The predicted octanol–water partition coefficient (Wildman–Crippen LogP) is 8.95. The van der Waals surface area contributed by atoms with Gasteiger partial charge in [0.05, 0.1) is 36.0 Å². The second kappa shape index (κ2) is 20.5. The molecule has 360 valence electrons. The number of aryl methyl sites for hydroxylation is 3. The Balaban J connectivity index is 1.06. The van der Waals surface area contributed by atoms with Crippen LogP contribution >= 0.6 is 0 Å². The van der Waals surface area contributed by atoms with E-state index < -0.39 is 49.8 Å². The highest BCUT2D eigenvalue weighted by atomic mass is 16.7. The van der Waals surface area contributed by atoms with Gasteiger partial charge in [0.2, 0.25) is 5.91 Å². The third-order valence-electron chi connectivity index (χ3n) is 13.1. The Labute approximate surface area is 410 Å². The SMILES string of the molecule is Cc1ccc(-c2c3nc(c(-c4ccc(C)cc4)c4ccc([nH]4)c(-c4ccccc4OCCCNC(=O)CO[C@H]4O[C@H](CO)[C@@H](O)[C@H](O)[C@H]4O)c4nc(c(-c5ccc(C)cc5)c5ccc2[nH]5)C=C4)C=C3)cc1. The van der Waals surface area contributed by atoms with Gasteiger partial charge < -0.3 is 49.9 Å². The number of para-hydroxylation sites is 1. The van der Waals surface area contributed by atoms with Crippen molar-refractivity contribution in [3.05, 3.63) is 161 Å². The number of aromatic nitrogens is 4. The van der Waals surface area contributed by atoms with Crippen LogP contribution in [0.3, 0.4) is 0 Å². The quantitative estimate of drug-likeness (QED) is 0.0549. The number of ether oxygens (including phenoxy) is 3. The Morgan fingerprint density at radius 2 is 1.04 bits per heavy atom. The summed E-state index contributed by atoms with van der Waals surface area (Å²) in [4.78, 5) is 31.3. The molecular weight excluding hydrogens is 895 g/mol. The summed E-state index contributed by atoms with van der Waals surface area (Å²) in [6.07, 6.45) is 1.47. The smallest absolute Gasteiger partial charge is 0.246 e. The zero-order valence-electron chi connectivity index (χ0n) is 39.6.